The first kappa shape index (κ1) is 12.8. The Morgan fingerprint density at radius 3 is 3.00 bits per heavy atom. The lowest BCUT2D eigenvalue weighted by atomic mass is 9.90. The van der Waals surface area contributed by atoms with E-state index >= 15 is 0 Å². The lowest BCUT2D eigenvalue weighted by Crippen LogP contribution is -2.47. The van der Waals surface area contributed by atoms with Crippen molar-refractivity contribution in [3.8, 4) is 0 Å². The molecule has 2 heterocycles. The van der Waals surface area contributed by atoms with Crippen molar-refractivity contribution in [3.63, 3.8) is 0 Å². The fourth-order valence-electron chi connectivity index (χ4n) is 3.03. The SMILES string of the molecule is CC1CC(C(=O)N2CCCC(CO)C2)CCN1. The molecule has 3 unspecified atom stereocenters. The Morgan fingerprint density at radius 2 is 2.29 bits per heavy atom. The van der Waals surface area contributed by atoms with Gasteiger partial charge in [-0.3, -0.25) is 4.79 Å². The van der Waals surface area contributed by atoms with Gasteiger partial charge in [0.25, 0.3) is 0 Å². The molecule has 0 aromatic carbocycles. The zero-order chi connectivity index (χ0) is 12.3. The average Bonchev–Trinajstić information content (AvgIpc) is 2.38. The summed E-state index contributed by atoms with van der Waals surface area (Å²) in [7, 11) is 0. The van der Waals surface area contributed by atoms with E-state index in [1.165, 1.54) is 0 Å². The molecule has 2 aliphatic rings. The smallest absolute Gasteiger partial charge is 0.225 e. The molecule has 0 saturated carbocycles. The summed E-state index contributed by atoms with van der Waals surface area (Å²) in [6.07, 6.45) is 4.02. The van der Waals surface area contributed by atoms with Gasteiger partial charge < -0.3 is 15.3 Å². The predicted molar refractivity (Wildman–Crippen MR) is 66.6 cm³/mol. The maximum absolute atomic E-state index is 12.4. The number of piperidine rings is 2. The minimum absolute atomic E-state index is 0.198. The quantitative estimate of drug-likeness (QED) is 0.743. The number of likely N-dealkylation sites (tertiary alicyclic amines) is 1. The molecule has 3 atom stereocenters. The van der Waals surface area contributed by atoms with Crippen LogP contribution >= 0.6 is 0 Å². The highest BCUT2D eigenvalue weighted by Gasteiger charge is 2.31. The van der Waals surface area contributed by atoms with Crippen molar-refractivity contribution in [2.24, 2.45) is 11.8 Å². The van der Waals surface area contributed by atoms with E-state index in [-0.39, 0.29) is 12.5 Å². The molecule has 0 aliphatic carbocycles. The van der Waals surface area contributed by atoms with Crippen LogP contribution in [0.2, 0.25) is 0 Å². The number of hydrogen-bond acceptors (Lipinski definition) is 3. The van der Waals surface area contributed by atoms with Crippen molar-refractivity contribution in [2.45, 2.75) is 38.6 Å². The van der Waals surface area contributed by atoms with Crippen LogP contribution < -0.4 is 5.32 Å². The molecular formula is C13H24N2O2. The van der Waals surface area contributed by atoms with Gasteiger partial charge in [-0.05, 0) is 45.1 Å². The molecule has 2 rings (SSSR count). The number of carbonyl (C=O) groups is 1. The number of carbonyl (C=O) groups excluding carboxylic acids is 1. The third-order valence-corrected chi connectivity index (χ3v) is 4.06. The van der Waals surface area contributed by atoms with Gasteiger partial charge in [-0.15, -0.1) is 0 Å². The third kappa shape index (κ3) is 3.19. The molecule has 2 aliphatic heterocycles. The highest BCUT2D eigenvalue weighted by atomic mass is 16.3. The van der Waals surface area contributed by atoms with Gasteiger partial charge in [0.15, 0.2) is 0 Å². The Kier molecular flexibility index (Phi) is 4.40. The van der Waals surface area contributed by atoms with Crippen molar-refractivity contribution < 1.29 is 9.90 Å². The number of nitrogens with one attached hydrogen (secondary N) is 1. The minimum atomic E-state index is 0.198. The molecule has 0 spiro atoms. The summed E-state index contributed by atoms with van der Waals surface area (Å²) in [5.74, 6) is 0.812. The average molecular weight is 240 g/mol. The number of aliphatic hydroxyl groups is 1. The van der Waals surface area contributed by atoms with Crippen LogP contribution in [0.4, 0.5) is 0 Å². The van der Waals surface area contributed by atoms with Crippen molar-refractivity contribution in [2.75, 3.05) is 26.2 Å². The van der Waals surface area contributed by atoms with Crippen LogP contribution in [-0.2, 0) is 4.79 Å². The van der Waals surface area contributed by atoms with E-state index in [9.17, 15) is 9.90 Å². The van der Waals surface area contributed by atoms with Gasteiger partial charge in [0, 0.05) is 31.7 Å². The number of nitrogens with zero attached hydrogens (tertiary/aromatic N) is 1. The van der Waals surface area contributed by atoms with E-state index in [0.717, 1.165) is 45.3 Å². The van der Waals surface area contributed by atoms with Crippen LogP contribution in [0.15, 0.2) is 0 Å². The fraction of sp³-hybridized carbons (Fsp3) is 0.923. The van der Waals surface area contributed by atoms with Gasteiger partial charge in [-0.1, -0.05) is 0 Å². The standard InChI is InChI=1S/C13H24N2O2/c1-10-7-12(4-5-14-10)13(17)15-6-2-3-11(8-15)9-16/h10-12,14,16H,2-9H2,1H3. The zero-order valence-corrected chi connectivity index (χ0v) is 10.7. The summed E-state index contributed by atoms with van der Waals surface area (Å²) in [6, 6.07) is 0.455. The molecule has 0 aromatic heterocycles. The molecule has 0 radical (unpaired) electrons. The highest BCUT2D eigenvalue weighted by molar-refractivity contribution is 5.79. The molecule has 1 amide bonds. The number of hydrogen-bond donors (Lipinski definition) is 2. The normalized spacial score (nSPS) is 34.7. The number of amides is 1. The summed E-state index contributed by atoms with van der Waals surface area (Å²) < 4.78 is 0. The van der Waals surface area contributed by atoms with Crippen molar-refractivity contribution >= 4 is 5.91 Å². The second-order valence-electron chi connectivity index (χ2n) is 5.55. The Bertz CT molecular complexity index is 270. The summed E-state index contributed by atoms with van der Waals surface area (Å²) in [5, 5.41) is 12.6. The first-order valence-electron chi connectivity index (χ1n) is 6.83. The fourth-order valence-corrected chi connectivity index (χ4v) is 3.03. The van der Waals surface area contributed by atoms with Gasteiger partial charge in [0.1, 0.15) is 0 Å². The third-order valence-electron chi connectivity index (χ3n) is 4.06. The molecule has 98 valence electrons. The van der Waals surface area contributed by atoms with E-state index in [1.807, 2.05) is 4.90 Å². The summed E-state index contributed by atoms with van der Waals surface area (Å²) in [5.41, 5.74) is 0. The van der Waals surface area contributed by atoms with Crippen LogP contribution in [0, 0.1) is 11.8 Å². The van der Waals surface area contributed by atoms with Crippen LogP contribution in [0.3, 0.4) is 0 Å². The molecule has 4 heteroatoms. The van der Waals surface area contributed by atoms with Crippen LogP contribution in [0.1, 0.15) is 32.6 Å². The predicted octanol–water partition coefficient (Wildman–Crippen LogP) is 0.605. The Labute approximate surface area is 103 Å². The van der Waals surface area contributed by atoms with Crippen molar-refractivity contribution in [1.82, 2.24) is 10.2 Å². The Morgan fingerprint density at radius 1 is 1.47 bits per heavy atom. The molecule has 2 N–H and O–H groups in total. The first-order valence-corrected chi connectivity index (χ1v) is 6.83. The van der Waals surface area contributed by atoms with Crippen molar-refractivity contribution in [1.29, 1.82) is 0 Å². The van der Waals surface area contributed by atoms with Crippen LogP contribution in [0.5, 0.6) is 0 Å². The van der Waals surface area contributed by atoms with Gasteiger partial charge in [0.2, 0.25) is 5.91 Å². The van der Waals surface area contributed by atoms with Crippen LogP contribution in [0.25, 0.3) is 0 Å². The van der Waals surface area contributed by atoms with Gasteiger partial charge in [0.05, 0.1) is 0 Å². The maximum Gasteiger partial charge on any atom is 0.225 e. The lowest BCUT2D eigenvalue weighted by Gasteiger charge is -2.36. The van der Waals surface area contributed by atoms with Gasteiger partial charge >= 0.3 is 0 Å². The Hall–Kier alpha value is -0.610. The summed E-state index contributed by atoms with van der Waals surface area (Å²) >= 11 is 0. The summed E-state index contributed by atoms with van der Waals surface area (Å²) in [4.78, 5) is 14.4. The summed E-state index contributed by atoms with van der Waals surface area (Å²) in [6.45, 7) is 4.95. The molecule has 2 fully saturated rings. The van der Waals surface area contributed by atoms with Gasteiger partial charge in [-0.2, -0.15) is 0 Å². The largest absolute Gasteiger partial charge is 0.396 e. The van der Waals surface area contributed by atoms with E-state index in [1.54, 1.807) is 0 Å². The molecule has 4 nitrogen and oxygen atoms in total. The van der Waals surface area contributed by atoms with Gasteiger partial charge in [-0.25, -0.2) is 0 Å². The van der Waals surface area contributed by atoms with E-state index < -0.39 is 0 Å². The second kappa shape index (κ2) is 5.83. The highest BCUT2D eigenvalue weighted by Crippen LogP contribution is 2.23. The molecule has 2 saturated heterocycles. The molecule has 0 bridgehead atoms. The Balaban J connectivity index is 1.89. The van der Waals surface area contributed by atoms with Crippen LogP contribution in [-0.4, -0.2) is 48.2 Å². The molecule has 0 aromatic rings. The van der Waals surface area contributed by atoms with E-state index in [4.69, 9.17) is 0 Å². The first-order chi connectivity index (χ1) is 8.20. The number of rotatable bonds is 2. The number of aliphatic hydroxyl groups excluding tert-OH is 1. The van der Waals surface area contributed by atoms with E-state index in [0.29, 0.717) is 17.9 Å². The lowest BCUT2D eigenvalue weighted by molar-refractivity contribution is -0.138. The van der Waals surface area contributed by atoms with Crippen molar-refractivity contribution in [3.05, 3.63) is 0 Å². The zero-order valence-electron chi connectivity index (χ0n) is 10.7. The monoisotopic (exact) mass is 240 g/mol. The maximum atomic E-state index is 12.4. The molecular weight excluding hydrogens is 216 g/mol. The second-order valence-corrected chi connectivity index (χ2v) is 5.55. The molecule has 17 heavy (non-hydrogen) atoms. The minimum Gasteiger partial charge on any atom is -0.396 e. The van der Waals surface area contributed by atoms with E-state index in [2.05, 4.69) is 12.2 Å². The topological polar surface area (TPSA) is 52.6 Å².